The summed E-state index contributed by atoms with van der Waals surface area (Å²) in [6.07, 6.45) is 8.70. The van der Waals surface area contributed by atoms with E-state index in [2.05, 4.69) is 52.4 Å². The fourth-order valence-corrected chi connectivity index (χ4v) is 5.61. The minimum Gasteiger partial charge on any atom is -0.311 e. The molecule has 1 nitrogen and oxygen atoms in total. The van der Waals surface area contributed by atoms with Crippen LogP contribution in [0.5, 0.6) is 0 Å². The molecular weight excluding hydrogens is 322 g/mol. The second-order valence-electron chi connectivity index (χ2n) is 7.71. The zero-order chi connectivity index (χ0) is 14.4. The number of nitrogens with one attached hydrogen (secondary N) is 1. The van der Waals surface area contributed by atoms with Crippen LogP contribution in [0.3, 0.4) is 0 Å². The van der Waals surface area contributed by atoms with Crippen molar-refractivity contribution < 1.29 is 0 Å². The van der Waals surface area contributed by atoms with Crippen LogP contribution in [0.2, 0.25) is 0 Å². The molecule has 0 amide bonds. The summed E-state index contributed by atoms with van der Waals surface area (Å²) in [5.41, 5.74) is 1.51. The van der Waals surface area contributed by atoms with Crippen LogP contribution in [-0.4, -0.2) is 12.1 Å². The molecule has 114 valence electrons. The first-order valence-corrected chi connectivity index (χ1v) is 9.50. The van der Waals surface area contributed by atoms with Gasteiger partial charge in [0.2, 0.25) is 0 Å². The van der Waals surface area contributed by atoms with Crippen molar-refractivity contribution in [2.45, 2.75) is 63.5 Å². The van der Waals surface area contributed by atoms with Gasteiger partial charge < -0.3 is 5.32 Å². The second-order valence-corrected chi connectivity index (χ2v) is 8.63. The van der Waals surface area contributed by atoms with Crippen LogP contribution in [0.4, 0.5) is 0 Å². The van der Waals surface area contributed by atoms with Crippen molar-refractivity contribution in [3.8, 4) is 0 Å². The zero-order valence-corrected chi connectivity index (χ0v) is 14.5. The Labute approximate surface area is 137 Å². The van der Waals surface area contributed by atoms with Gasteiger partial charge in [0.25, 0.3) is 0 Å². The lowest BCUT2D eigenvalue weighted by Gasteiger charge is -2.40. The van der Waals surface area contributed by atoms with Gasteiger partial charge in [0.1, 0.15) is 0 Å². The summed E-state index contributed by atoms with van der Waals surface area (Å²) >= 11 is 3.59. The predicted molar refractivity (Wildman–Crippen MR) is 91.4 cm³/mol. The van der Waals surface area contributed by atoms with E-state index in [4.69, 9.17) is 0 Å². The molecule has 4 unspecified atom stereocenters. The topological polar surface area (TPSA) is 12.0 Å². The van der Waals surface area contributed by atoms with Gasteiger partial charge in [-0.1, -0.05) is 34.5 Å². The molecule has 3 aliphatic rings. The largest absolute Gasteiger partial charge is 0.311 e. The Balaban J connectivity index is 1.28. The van der Waals surface area contributed by atoms with Gasteiger partial charge in [-0.05, 0) is 80.4 Å². The molecule has 1 aromatic rings. The molecule has 3 fully saturated rings. The Hall–Kier alpha value is -0.340. The van der Waals surface area contributed by atoms with Crippen LogP contribution in [0, 0.1) is 17.8 Å². The summed E-state index contributed by atoms with van der Waals surface area (Å²) in [4.78, 5) is 0. The number of fused-ring (bicyclic) bond motifs is 2. The van der Waals surface area contributed by atoms with E-state index in [-0.39, 0.29) is 0 Å². The maximum absolute atomic E-state index is 3.95. The monoisotopic (exact) mass is 347 g/mol. The van der Waals surface area contributed by atoms with Gasteiger partial charge in [-0.3, -0.25) is 0 Å². The number of hydrogen-bond acceptors (Lipinski definition) is 1. The Bertz CT molecular complexity index is 508. The molecule has 21 heavy (non-hydrogen) atoms. The number of halogens is 1. The number of benzene rings is 1. The fourth-order valence-electron chi connectivity index (χ4n) is 5.19. The lowest BCUT2D eigenvalue weighted by atomic mass is 9.74. The highest BCUT2D eigenvalue weighted by Gasteiger charge is 2.43. The van der Waals surface area contributed by atoms with Crippen LogP contribution in [0.15, 0.2) is 28.7 Å². The van der Waals surface area contributed by atoms with Crippen LogP contribution < -0.4 is 5.32 Å². The second kappa shape index (κ2) is 5.70. The Morgan fingerprint density at radius 3 is 2.67 bits per heavy atom. The first-order chi connectivity index (χ1) is 10.2. The molecule has 1 aromatic carbocycles. The van der Waals surface area contributed by atoms with E-state index in [0.717, 1.165) is 35.8 Å². The lowest BCUT2D eigenvalue weighted by Crippen LogP contribution is -2.48. The maximum Gasteiger partial charge on any atom is 0.0178 e. The SMILES string of the molecule is CC(NC1CC(c2cccc(Br)c2)C1)C1CC2CCC1C2. The molecule has 1 N–H and O–H groups in total. The van der Waals surface area contributed by atoms with E-state index in [1.807, 2.05) is 0 Å². The molecule has 0 radical (unpaired) electrons. The first-order valence-electron chi connectivity index (χ1n) is 8.70. The van der Waals surface area contributed by atoms with Gasteiger partial charge in [0.05, 0.1) is 0 Å². The minimum absolute atomic E-state index is 0.730. The van der Waals surface area contributed by atoms with Crippen LogP contribution in [-0.2, 0) is 0 Å². The van der Waals surface area contributed by atoms with Crippen molar-refractivity contribution in [1.29, 1.82) is 0 Å². The number of hydrogen-bond donors (Lipinski definition) is 1. The van der Waals surface area contributed by atoms with Crippen LogP contribution in [0.1, 0.15) is 56.9 Å². The average Bonchev–Trinajstić information content (AvgIpc) is 3.04. The lowest BCUT2D eigenvalue weighted by molar-refractivity contribution is 0.200. The third-order valence-corrected chi connectivity index (χ3v) is 6.89. The van der Waals surface area contributed by atoms with Gasteiger partial charge in [-0.25, -0.2) is 0 Å². The zero-order valence-electron chi connectivity index (χ0n) is 12.9. The standard InChI is InChI=1S/C19H26BrN/c1-12(19-8-13-5-6-15(19)7-13)21-18-10-16(11-18)14-3-2-4-17(20)9-14/h2-4,9,12-13,15-16,18-19,21H,5-8,10-11H2,1H3. The molecule has 3 saturated carbocycles. The molecule has 0 spiro atoms. The molecule has 0 aromatic heterocycles. The highest BCUT2D eigenvalue weighted by molar-refractivity contribution is 9.10. The van der Waals surface area contributed by atoms with Gasteiger partial charge in [0, 0.05) is 16.6 Å². The van der Waals surface area contributed by atoms with Gasteiger partial charge in [-0.2, -0.15) is 0 Å². The molecule has 0 aliphatic heterocycles. The van der Waals surface area contributed by atoms with E-state index in [1.54, 1.807) is 0 Å². The molecule has 4 rings (SSSR count). The van der Waals surface area contributed by atoms with Crippen molar-refractivity contribution in [1.82, 2.24) is 5.32 Å². The molecule has 2 heteroatoms. The van der Waals surface area contributed by atoms with Crippen molar-refractivity contribution in [3.05, 3.63) is 34.3 Å². The van der Waals surface area contributed by atoms with Crippen molar-refractivity contribution in [2.75, 3.05) is 0 Å². The fraction of sp³-hybridized carbons (Fsp3) is 0.684. The van der Waals surface area contributed by atoms with Gasteiger partial charge in [-0.15, -0.1) is 0 Å². The third kappa shape index (κ3) is 2.82. The summed E-state index contributed by atoms with van der Waals surface area (Å²) in [5.74, 6) is 3.85. The van der Waals surface area contributed by atoms with E-state index in [0.29, 0.717) is 0 Å². The summed E-state index contributed by atoms with van der Waals surface area (Å²) < 4.78 is 1.21. The van der Waals surface area contributed by atoms with E-state index in [9.17, 15) is 0 Å². The first kappa shape index (κ1) is 14.3. The molecule has 3 aliphatic carbocycles. The predicted octanol–water partition coefficient (Wildman–Crippen LogP) is 5.11. The minimum atomic E-state index is 0.730. The van der Waals surface area contributed by atoms with Crippen LogP contribution >= 0.6 is 15.9 Å². The Morgan fingerprint density at radius 1 is 1.14 bits per heavy atom. The van der Waals surface area contributed by atoms with Crippen molar-refractivity contribution in [3.63, 3.8) is 0 Å². The molecular formula is C19H26BrN. The highest BCUT2D eigenvalue weighted by Crippen LogP contribution is 2.50. The van der Waals surface area contributed by atoms with Crippen LogP contribution in [0.25, 0.3) is 0 Å². The summed E-state index contributed by atoms with van der Waals surface area (Å²) in [6.45, 7) is 2.44. The average molecular weight is 348 g/mol. The van der Waals surface area contributed by atoms with Gasteiger partial charge >= 0.3 is 0 Å². The summed E-state index contributed by atoms with van der Waals surface area (Å²) in [7, 11) is 0. The molecule has 4 atom stereocenters. The quantitative estimate of drug-likeness (QED) is 0.797. The van der Waals surface area contributed by atoms with Crippen molar-refractivity contribution in [2.24, 2.45) is 17.8 Å². The number of rotatable bonds is 4. The maximum atomic E-state index is 3.95. The van der Waals surface area contributed by atoms with E-state index >= 15 is 0 Å². The Morgan fingerprint density at radius 2 is 2.00 bits per heavy atom. The van der Waals surface area contributed by atoms with Gasteiger partial charge in [0.15, 0.2) is 0 Å². The Kier molecular flexibility index (Phi) is 3.87. The molecule has 2 bridgehead atoms. The highest BCUT2D eigenvalue weighted by atomic mass is 79.9. The normalized spacial score (nSPS) is 39.2. The third-order valence-electron chi connectivity index (χ3n) is 6.39. The smallest absolute Gasteiger partial charge is 0.0178 e. The van der Waals surface area contributed by atoms with Crippen molar-refractivity contribution >= 4 is 15.9 Å². The molecule has 0 heterocycles. The summed E-state index contributed by atoms with van der Waals surface area (Å²) in [5, 5.41) is 3.95. The van der Waals surface area contributed by atoms with E-state index < -0.39 is 0 Å². The van der Waals surface area contributed by atoms with E-state index in [1.165, 1.54) is 48.6 Å². The molecule has 0 saturated heterocycles. The summed E-state index contributed by atoms with van der Waals surface area (Å²) in [6, 6.07) is 10.3.